The maximum absolute atomic E-state index is 6.31. The summed E-state index contributed by atoms with van der Waals surface area (Å²) in [6.07, 6.45) is 5.13. The number of hydrogen-bond donors (Lipinski definition) is 0. The molecule has 9 heavy (non-hydrogen) atoms. The van der Waals surface area contributed by atoms with Crippen molar-refractivity contribution in [1.82, 2.24) is 0 Å². The van der Waals surface area contributed by atoms with Gasteiger partial charge in [-0.3, -0.25) is 0 Å². The maximum Gasteiger partial charge on any atom is 0.0469 e. The van der Waals surface area contributed by atoms with Crippen LogP contribution in [0, 0.1) is 5.92 Å². The summed E-state index contributed by atoms with van der Waals surface area (Å²) in [6.45, 7) is 4.44. The second-order valence-electron chi connectivity index (χ2n) is 3.40. The van der Waals surface area contributed by atoms with Gasteiger partial charge < -0.3 is 0 Å². The van der Waals surface area contributed by atoms with Crippen molar-refractivity contribution in [3.8, 4) is 0 Å². The molecule has 0 atom stereocenters. The Morgan fingerprint density at radius 3 is 1.89 bits per heavy atom. The Labute approximate surface area is 62.6 Å². The van der Waals surface area contributed by atoms with Crippen LogP contribution in [0.1, 0.15) is 39.5 Å². The van der Waals surface area contributed by atoms with Crippen LogP contribution in [0.2, 0.25) is 0 Å². The van der Waals surface area contributed by atoms with E-state index in [4.69, 9.17) is 11.6 Å². The van der Waals surface area contributed by atoms with E-state index in [1.807, 2.05) is 0 Å². The van der Waals surface area contributed by atoms with Gasteiger partial charge in [0.2, 0.25) is 0 Å². The van der Waals surface area contributed by atoms with Crippen molar-refractivity contribution in [2.24, 2.45) is 5.92 Å². The van der Waals surface area contributed by atoms with E-state index in [0.29, 0.717) is 5.92 Å². The van der Waals surface area contributed by atoms with Gasteiger partial charge in [-0.05, 0) is 18.8 Å². The summed E-state index contributed by atoms with van der Waals surface area (Å²) >= 11 is 6.31. The summed E-state index contributed by atoms with van der Waals surface area (Å²) < 4.78 is 0. The zero-order valence-corrected chi connectivity index (χ0v) is 7.04. The van der Waals surface area contributed by atoms with Gasteiger partial charge in [0.1, 0.15) is 0 Å². The van der Waals surface area contributed by atoms with E-state index in [1.165, 1.54) is 25.7 Å². The average molecular weight is 147 g/mol. The molecule has 0 N–H and O–H groups in total. The van der Waals surface area contributed by atoms with E-state index >= 15 is 0 Å². The first kappa shape index (κ1) is 7.40. The van der Waals surface area contributed by atoms with Crippen molar-refractivity contribution >= 4 is 11.6 Å². The summed E-state index contributed by atoms with van der Waals surface area (Å²) in [5.41, 5.74) is 0. The van der Waals surface area contributed by atoms with Crippen molar-refractivity contribution in [3.05, 3.63) is 0 Å². The highest BCUT2D eigenvalue weighted by Crippen LogP contribution is 2.41. The van der Waals surface area contributed by atoms with Crippen molar-refractivity contribution in [1.29, 1.82) is 0 Å². The highest BCUT2D eigenvalue weighted by molar-refractivity contribution is 6.24. The lowest BCUT2D eigenvalue weighted by molar-refractivity contribution is 0.434. The second kappa shape index (κ2) is 2.49. The van der Waals surface area contributed by atoms with Crippen LogP contribution in [0.25, 0.3) is 0 Å². The van der Waals surface area contributed by atoms with E-state index in [9.17, 15) is 0 Å². The average Bonchev–Trinajstić information content (AvgIpc) is 2.16. The number of alkyl halides is 1. The van der Waals surface area contributed by atoms with Crippen LogP contribution in [0.5, 0.6) is 0 Å². The third-order valence-electron chi connectivity index (χ3n) is 2.47. The number of rotatable bonds is 1. The molecule has 0 aromatic rings. The Morgan fingerprint density at radius 1 is 1.22 bits per heavy atom. The molecule has 0 unspecified atom stereocenters. The first-order valence-electron chi connectivity index (χ1n) is 3.84. The lowest BCUT2D eigenvalue weighted by Crippen LogP contribution is -2.23. The molecule has 0 radical (unpaired) electrons. The van der Waals surface area contributed by atoms with E-state index in [-0.39, 0.29) is 4.87 Å². The predicted octanol–water partition coefficient (Wildman–Crippen LogP) is 3.19. The first-order valence-corrected chi connectivity index (χ1v) is 4.22. The fourth-order valence-electron chi connectivity index (χ4n) is 1.54. The smallest absolute Gasteiger partial charge is 0.0469 e. The summed E-state index contributed by atoms with van der Waals surface area (Å²) in [4.78, 5) is 0.167. The molecule has 0 bridgehead atoms. The van der Waals surface area contributed by atoms with Crippen molar-refractivity contribution in [3.63, 3.8) is 0 Å². The van der Waals surface area contributed by atoms with Crippen LogP contribution in [-0.2, 0) is 0 Å². The quantitative estimate of drug-likeness (QED) is 0.499. The van der Waals surface area contributed by atoms with Crippen molar-refractivity contribution in [2.75, 3.05) is 0 Å². The number of halogens is 1. The van der Waals surface area contributed by atoms with Gasteiger partial charge in [-0.25, -0.2) is 0 Å². The molecule has 1 fully saturated rings. The van der Waals surface area contributed by atoms with Crippen LogP contribution in [0.15, 0.2) is 0 Å². The van der Waals surface area contributed by atoms with Gasteiger partial charge in [0.25, 0.3) is 0 Å². The minimum Gasteiger partial charge on any atom is -0.119 e. The Balaban J connectivity index is 2.51. The van der Waals surface area contributed by atoms with Gasteiger partial charge in [-0.2, -0.15) is 0 Å². The topological polar surface area (TPSA) is 0 Å². The summed E-state index contributed by atoms with van der Waals surface area (Å²) in [7, 11) is 0. The fraction of sp³-hybridized carbons (Fsp3) is 1.00. The van der Waals surface area contributed by atoms with Gasteiger partial charge in [0.05, 0.1) is 0 Å². The Kier molecular flexibility index (Phi) is 2.05. The lowest BCUT2D eigenvalue weighted by Gasteiger charge is -2.24. The Bertz CT molecular complexity index is 90.7. The van der Waals surface area contributed by atoms with E-state index in [1.54, 1.807) is 0 Å². The molecule has 0 aromatic carbocycles. The normalized spacial score (nSPS) is 25.3. The van der Waals surface area contributed by atoms with Crippen LogP contribution in [0.3, 0.4) is 0 Å². The van der Waals surface area contributed by atoms with Crippen molar-refractivity contribution < 1.29 is 0 Å². The lowest BCUT2D eigenvalue weighted by atomic mass is 9.93. The molecule has 0 heterocycles. The van der Waals surface area contributed by atoms with Crippen LogP contribution >= 0.6 is 11.6 Å². The van der Waals surface area contributed by atoms with Gasteiger partial charge in [0.15, 0.2) is 0 Å². The fourth-order valence-corrected chi connectivity index (χ4v) is 1.81. The van der Waals surface area contributed by atoms with Gasteiger partial charge >= 0.3 is 0 Å². The predicted molar refractivity (Wildman–Crippen MR) is 41.9 cm³/mol. The maximum atomic E-state index is 6.31. The zero-order valence-electron chi connectivity index (χ0n) is 6.28. The molecule has 1 rings (SSSR count). The molecule has 1 heteroatoms. The largest absolute Gasteiger partial charge is 0.119 e. The highest BCUT2D eigenvalue weighted by atomic mass is 35.5. The standard InChI is InChI=1S/C8H15Cl/c1-7(2)8(9)5-3-4-6-8/h7H,3-6H2,1-2H3. The molecule has 1 aliphatic carbocycles. The van der Waals surface area contributed by atoms with Gasteiger partial charge in [-0.1, -0.05) is 26.7 Å². The highest BCUT2D eigenvalue weighted by Gasteiger charge is 2.34. The molecule has 0 aliphatic heterocycles. The molecule has 0 aromatic heterocycles. The van der Waals surface area contributed by atoms with E-state index in [0.717, 1.165) is 0 Å². The minimum absolute atomic E-state index is 0.167. The Hall–Kier alpha value is 0.290. The summed E-state index contributed by atoms with van der Waals surface area (Å²) in [5, 5.41) is 0. The molecule has 0 spiro atoms. The first-order chi connectivity index (χ1) is 4.15. The molecule has 1 saturated carbocycles. The molecule has 54 valence electrons. The Morgan fingerprint density at radius 2 is 1.67 bits per heavy atom. The third-order valence-corrected chi connectivity index (χ3v) is 3.28. The van der Waals surface area contributed by atoms with Gasteiger partial charge in [-0.15, -0.1) is 11.6 Å². The monoisotopic (exact) mass is 146 g/mol. The van der Waals surface area contributed by atoms with E-state index < -0.39 is 0 Å². The summed E-state index contributed by atoms with van der Waals surface area (Å²) in [5.74, 6) is 0.654. The molecule has 1 aliphatic rings. The molecular weight excluding hydrogens is 132 g/mol. The third kappa shape index (κ3) is 1.40. The van der Waals surface area contributed by atoms with Crippen LogP contribution < -0.4 is 0 Å². The number of hydrogen-bond acceptors (Lipinski definition) is 0. The molecule has 0 saturated heterocycles. The summed E-state index contributed by atoms with van der Waals surface area (Å²) in [6, 6.07) is 0. The molecule has 0 amide bonds. The second-order valence-corrected chi connectivity index (χ2v) is 4.15. The minimum atomic E-state index is 0.167. The van der Waals surface area contributed by atoms with Gasteiger partial charge in [0, 0.05) is 4.87 Å². The molecule has 0 nitrogen and oxygen atoms in total. The zero-order chi connectivity index (χ0) is 6.91. The SMILES string of the molecule is CC(C)C1(Cl)CCCC1. The van der Waals surface area contributed by atoms with E-state index in [2.05, 4.69) is 13.8 Å². The van der Waals surface area contributed by atoms with Crippen LogP contribution in [0.4, 0.5) is 0 Å². The van der Waals surface area contributed by atoms with Crippen LogP contribution in [-0.4, -0.2) is 4.87 Å². The van der Waals surface area contributed by atoms with Crippen molar-refractivity contribution in [2.45, 2.75) is 44.4 Å². The molecular formula is C8H15Cl.